The fourth-order valence-electron chi connectivity index (χ4n) is 2.54. The van der Waals surface area contributed by atoms with E-state index in [2.05, 4.69) is 11.9 Å². The lowest BCUT2D eigenvalue weighted by atomic mass is 10.1. The quantitative estimate of drug-likeness (QED) is 0.853. The minimum absolute atomic E-state index is 0.371. The molecule has 1 saturated carbocycles. The highest BCUT2D eigenvalue weighted by molar-refractivity contribution is 7.80. The van der Waals surface area contributed by atoms with Crippen molar-refractivity contribution in [3.05, 3.63) is 28.8 Å². The summed E-state index contributed by atoms with van der Waals surface area (Å²) in [6, 6.07) is 6.41. The minimum Gasteiger partial charge on any atom is -0.389 e. The molecule has 0 radical (unpaired) electrons. The van der Waals surface area contributed by atoms with Crippen LogP contribution in [-0.2, 0) is 0 Å². The molecule has 2 nitrogen and oxygen atoms in total. The summed E-state index contributed by atoms with van der Waals surface area (Å²) in [5.74, 6) is 0. The van der Waals surface area contributed by atoms with Gasteiger partial charge in [-0.1, -0.05) is 42.7 Å². The molecule has 0 amide bonds. The Labute approximate surface area is 113 Å². The van der Waals surface area contributed by atoms with Gasteiger partial charge in [-0.2, -0.15) is 0 Å². The first-order chi connectivity index (χ1) is 8.11. The molecule has 17 heavy (non-hydrogen) atoms. The summed E-state index contributed by atoms with van der Waals surface area (Å²) in [5.41, 5.74) is 7.63. The Balaban J connectivity index is 2.36. The van der Waals surface area contributed by atoms with Crippen LogP contribution in [0.4, 0.5) is 5.69 Å². The lowest BCUT2D eigenvalue weighted by Gasteiger charge is -2.28. The van der Waals surface area contributed by atoms with E-state index in [9.17, 15) is 0 Å². The van der Waals surface area contributed by atoms with Crippen molar-refractivity contribution in [3.63, 3.8) is 0 Å². The molecule has 1 aromatic carbocycles. The van der Waals surface area contributed by atoms with Crippen molar-refractivity contribution in [2.24, 2.45) is 5.73 Å². The van der Waals surface area contributed by atoms with Crippen molar-refractivity contribution in [2.75, 3.05) is 11.9 Å². The zero-order valence-corrected chi connectivity index (χ0v) is 11.5. The Morgan fingerprint density at radius 3 is 2.65 bits per heavy atom. The first-order valence-corrected chi connectivity index (χ1v) is 6.71. The van der Waals surface area contributed by atoms with E-state index in [1.54, 1.807) is 0 Å². The lowest BCUT2D eigenvalue weighted by molar-refractivity contribution is 0.653. The van der Waals surface area contributed by atoms with Crippen LogP contribution in [0.25, 0.3) is 0 Å². The third-order valence-electron chi connectivity index (χ3n) is 3.49. The van der Waals surface area contributed by atoms with Gasteiger partial charge in [0.2, 0.25) is 0 Å². The molecule has 92 valence electrons. The fraction of sp³-hybridized carbons (Fsp3) is 0.462. The topological polar surface area (TPSA) is 29.3 Å². The molecule has 0 saturated heterocycles. The summed E-state index contributed by atoms with van der Waals surface area (Å²) < 4.78 is 0. The van der Waals surface area contributed by atoms with Gasteiger partial charge in [-0.25, -0.2) is 0 Å². The summed E-state index contributed by atoms with van der Waals surface area (Å²) in [6.07, 6.45) is 5.08. The van der Waals surface area contributed by atoms with Crippen LogP contribution in [0.3, 0.4) is 0 Å². The van der Waals surface area contributed by atoms with E-state index >= 15 is 0 Å². The number of hydrogen-bond donors (Lipinski definition) is 1. The number of nitrogens with two attached hydrogens (primary N) is 1. The highest BCUT2D eigenvalue weighted by atomic mass is 35.5. The zero-order valence-electron chi connectivity index (χ0n) is 9.95. The predicted octanol–water partition coefficient (Wildman–Crippen LogP) is 3.35. The van der Waals surface area contributed by atoms with Crippen LogP contribution in [0, 0.1) is 0 Å². The number of benzene rings is 1. The van der Waals surface area contributed by atoms with Crippen LogP contribution in [0.5, 0.6) is 0 Å². The Morgan fingerprint density at radius 1 is 1.41 bits per heavy atom. The third kappa shape index (κ3) is 2.55. The van der Waals surface area contributed by atoms with Gasteiger partial charge in [-0.3, -0.25) is 0 Å². The Hall–Kier alpha value is -0.800. The maximum Gasteiger partial charge on any atom is 0.107 e. The molecule has 0 atom stereocenters. The van der Waals surface area contributed by atoms with Crippen molar-refractivity contribution in [1.29, 1.82) is 0 Å². The summed E-state index contributed by atoms with van der Waals surface area (Å²) in [4.78, 5) is 2.64. The van der Waals surface area contributed by atoms with Gasteiger partial charge in [0.05, 0.1) is 10.6 Å². The molecule has 1 aliphatic rings. The number of rotatable bonds is 3. The molecule has 0 bridgehead atoms. The molecule has 2 rings (SSSR count). The van der Waals surface area contributed by atoms with Crippen molar-refractivity contribution < 1.29 is 0 Å². The molecule has 0 unspecified atom stereocenters. The zero-order chi connectivity index (χ0) is 12.4. The van der Waals surface area contributed by atoms with Gasteiger partial charge in [0.1, 0.15) is 4.99 Å². The Morgan fingerprint density at radius 2 is 2.06 bits per heavy atom. The lowest BCUT2D eigenvalue weighted by Crippen LogP contribution is -2.31. The molecule has 4 heteroatoms. The van der Waals surface area contributed by atoms with Gasteiger partial charge < -0.3 is 10.6 Å². The van der Waals surface area contributed by atoms with Crippen LogP contribution in [0.15, 0.2) is 18.2 Å². The van der Waals surface area contributed by atoms with E-state index in [-0.39, 0.29) is 0 Å². The predicted molar refractivity (Wildman–Crippen MR) is 78.0 cm³/mol. The van der Waals surface area contributed by atoms with E-state index < -0.39 is 0 Å². The molecule has 1 fully saturated rings. The third-order valence-corrected chi connectivity index (χ3v) is 4.01. The van der Waals surface area contributed by atoms with Crippen molar-refractivity contribution in [2.45, 2.75) is 31.7 Å². The van der Waals surface area contributed by atoms with Crippen LogP contribution < -0.4 is 10.6 Å². The van der Waals surface area contributed by atoms with E-state index in [4.69, 9.17) is 29.6 Å². The summed E-state index contributed by atoms with van der Waals surface area (Å²) in [5, 5.41) is 0.639. The minimum atomic E-state index is 0.371. The second-order valence-corrected chi connectivity index (χ2v) is 5.39. The monoisotopic (exact) mass is 268 g/mol. The first-order valence-electron chi connectivity index (χ1n) is 5.92. The maximum atomic E-state index is 6.18. The molecule has 1 aliphatic carbocycles. The normalized spacial score (nSPS) is 16.1. The van der Waals surface area contributed by atoms with Crippen molar-refractivity contribution in [1.82, 2.24) is 0 Å². The van der Waals surface area contributed by atoms with E-state index in [1.165, 1.54) is 25.7 Å². The van der Waals surface area contributed by atoms with Crippen LogP contribution in [0.1, 0.15) is 31.2 Å². The summed E-state index contributed by atoms with van der Waals surface area (Å²) in [6.45, 7) is 0. The average molecular weight is 269 g/mol. The van der Waals surface area contributed by atoms with Crippen LogP contribution in [-0.4, -0.2) is 18.1 Å². The number of halogens is 1. The first kappa shape index (κ1) is 12.7. The molecular weight excluding hydrogens is 252 g/mol. The summed E-state index contributed by atoms with van der Waals surface area (Å²) >= 11 is 11.3. The van der Waals surface area contributed by atoms with Gasteiger partial charge in [0, 0.05) is 18.8 Å². The van der Waals surface area contributed by atoms with Crippen LogP contribution >= 0.6 is 23.8 Å². The van der Waals surface area contributed by atoms with E-state index in [0.29, 0.717) is 16.1 Å². The standard InChI is InChI=1S/C13H17ClN2S/c1-16(9-5-2-3-6-9)11-8-4-7-10(14)12(11)13(15)17/h4,7-9H,2-3,5-6H2,1H3,(H2,15,17). The maximum absolute atomic E-state index is 6.18. The van der Waals surface area contributed by atoms with Gasteiger partial charge in [-0.05, 0) is 25.0 Å². The molecule has 0 spiro atoms. The Kier molecular flexibility index (Phi) is 3.89. The molecular formula is C13H17ClN2S. The Bertz CT molecular complexity index is 427. The summed E-state index contributed by atoms with van der Waals surface area (Å²) in [7, 11) is 2.10. The number of hydrogen-bond acceptors (Lipinski definition) is 2. The van der Waals surface area contributed by atoms with Gasteiger partial charge >= 0.3 is 0 Å². The van der Waals surface area contributed by atoms with E-state index in [1.807, 2.05) is 18.2 Å². The molecule has 0 aromatic heterocycles. The second kappa shape index (κ2) is 5.23. The van der Waals surface area contributed by atoms with E-state index in [0.717, 1.165) is 11.3 Å². The van der Waals surface area contributed by atoms with Gasteiger partial charge in [-0.15, -0.1) is 0 Å². The molecule has 0 aliphatic heterocycles. The SMILES string of the molecule is CN(c1cccc(Cl)c1C(N)=S)C1CCCC1. The molecule has 1 aromatic rings. The highest BCUT2D eigenvalue weighted by Gasteiger charge is 2.22. The smallest absolute Gasteiger partial charge is 0.107 e. The highest BCUT2D eigenvalue weighted by Crippen LogP contribution is 2.32. The van der Waals surface area contributed by atoms with Crippen molar-refractivity contribution in [3.8, 4) is 0 Å². The average Bonchev–Trinajstić information content (AvgIpc) is 2.80. The van der Waals surface area contributed by atoms with Gasteiger partial charge in [0.25, 0.3) is 0 Å². The van der Waals surface area contributed by atoms with Crippen molar-refractivity contribution >= 4 is 34.5 Å². The molecule has 0 heterocycles. The largest absolute Gasteiger partial charge is 0.389 e. The van der Waals surface area contributed by atoms with Gasteiger partial charge in [0.15, 0.2) is 0 Å². The number of anilines is 1. The molecule has 2 N–H and O–H groups in total. The second-order valence-electron chi connectivity index (χ2n) is 4.55. The number of thiocarbonyl (C=S) groups is 1. The van der Waals surface area contributed by atoms with Crippen LogP contribution in [0.2, 0.25) is 5.02 Å². The fourth-order valence-corrected chi connectivity index (χ4v) is 3.08. The number of nitrogens with zero attached hydrogens (tertiary/aromatic N) is 1.